The first kappa shape index (κ1) is 16.3. The first-order valence-electron chi connectivity index (χ1n) is 7.27. The summed E-state index contributed by atoms with van der Waals surface area (Å²) in [6.45, 7) is 0. The Hall–Kier alpha value is -3.57. The summed E-state index contributed by atoms with van der Waals surface area (Å²) in [4.78, 5) is 12.7. The van der Waals surface area contributed by atoms with Crippen LogP contribution >= 0.6 is 12.2 Å². The lowest BCUT2D eigenvalue weighted by Gasteiger charge is -2.05. The van der Waals surface area contributed by atoms with Crippen LogP contribution in [0.25, 0.3) is 0 Å². The normalized spacial score (nSPS) is 10.9. The highest BCUT2D eigenvalue weighted by atomic mass is 32.1. The minimum atomic E-state index is -0.392. The molecule has 0 saturated carbocycles. The van der Waals surface area contributed by atoms with Gasteiger partial charge in [-0.05, 0) is 36.5 Å². The second-order valence-corrected chi connectivity index (χ2v) is 5.30. The number of nitrogens with zero attached hydrogens (tertiary/aromatic N) is 4. The van der Waals surface area contributed by atoms with E-state index in [1.54, 1.807) is 42.5 Å². The fourth-order valence-electron chi connectivity index (χ4n) is 2.11. The molecule has 0 aliphatic heterocycles. The van der Waals surface area contributed by atoms with E-state index in [0.717, 1.165) is 4.57 Å². The van der Waals surface area contributed by atoms with Gasteiger partial charge in [-0.15, -0.1) is 0 Å². The summed E-state index contributed by atoms with van der Waals surface area (Å²) in [5, 5.41) is 20.0. The monoisotopic (exact) mass is 348 g/mol. The number of benzene rings is 2. The van der Waals surface area contributed by atoms with Crippen LogP contribution in [0.15, 0.2) is 65.8 Å². The molecule has 8 heteroatoms. The third-order valence-electron chi connectivity index (χ3n) is 3.28. The van der Waals surface area contributed by atoms with E-state index in [1.165, 1.54) is 0 Å². The lowest BCUT2D eigenvalue weighted by Crippen LogP contribution is -2.19. The quantitative estimate of drug-likeness (QED) is 0.429. The first-order chi connectivity index (χ1) is 12.2. The standard InChI is InChI=1S/C17H12N6OS/c18-11-14(20-19-13-9-5-2-6-10-13)15-21-22-17(25)23(15)16(24)12-7-3-1-4-8-12/h1-10,19H,(H,22,25)/b20-14+. The van der Waals surface area contributed by atoms with Crippen LogP contribution in [-0.2, 0) is 0 Å². The van der Waals surface area contributed by atoms with Gasteiger partial charge in [-0.2, -0.15) is 15.5 Å². The van der Waals surface area contributed by atoms with Gasteiger partial charge in [0.05, 0.1) is 5.69 Å². The van der Waals surface area contributed by atoms with Crippen LogP contribution < -0.4 is 5.43 Å². The molecule has 1 heterocycles. The minimum absolute atomic E-state index is 0.0461. The number of aromatic amines is 1. The summed E-state index contributed by atoms with van der Waals surface area (Å²) >= 11 is 5.13. The van der Waals surface area contributed by atoms with Gasteiger partial charge in [0.25, 0.3) is 5.91 Å². The first-order valence-corrected chi connectivity index (χ1v) is 7.68. The number of nitrogens with one attached hydrogen (secondary N) is 2. The van der Waals surface area contributed by atoms with Crippen molar-refractivity contribution in [2.24, 2.45) is 5.10 Å². The number of anilines is 1. The maximum absolute atomic E-state index is 12.7. The zero-order chi connectivity index (χ0) is 17.6. The van der Waals surface area contributed by atoms with E-state index in [9.17, 15) is 10.1 Å². The van der Waals surface area contributed by atoms with Crippen LogP contribution in [0.5, 0.6) is 0 Å². The number of hydrogen-bond acceptors (Lipinski definition) is 6. The molecule has 0 aliphatic carbocycles. The van der Waals surface area contributed by atoms with Crippen LogP contribution in [-0.4, -0.2) is 26.4 Å². The van der Waals surface area contributed by atoms with Gasteiger partial charge in [-0.1, -0.05) is 36.4 Å². The summed E-state index contributed by atoms with van der Waals surface area (Å²) in [6.07, 6.45) is 0. The lowest BCUT2D eigenvalue weighted by molar-refractivity contribution is 0.0957. The molecule has 0 saturated heterocycles. The predicted octanol–water partition coefficient (Wildman–Crippen LogP) is 2.97. The Morgan fingerprint density at radius 2 is 1.80 bits per heavy atom. The number of hydrazone groups is 1. The van der Waals surface area contributed by atoms with E-state index in [4.69, 9.17) is 12.2 Å². The summed E-state index contributed by atoms with van der Waals surface area (Å²) in [6, 6.07) is 19.7. The second kappa shape index (κ2) is 7.33. The molecule has 3 rings (SSSR count). The Morgan fingerprint density at radius 3 is 2.44 bits per heavy atom. The van der Waals surface area contributed by atoms with E-state index >= 15 is 0 Å². The average molecular weight is 348 g/mol. The Kier molecular flexibility index (Phi) is 4.78. The number of aromatic nitrogens is 3. The van der Waals surface area contributed by atoms with Gasteiger partial charge in [0, 0.05) is 5.56 Å². The number of nitriles is 1. The molecular weight excluding hydrogens is 336 g/mol. The van der Waals surface area contributed by atoms with Gasteiger partial charge in [-0.3, -0.25) is 15.3 Å². The van der Waals surface area contributed by atoms with Crippen molar-refractivity contribution in [3.63, 3.8) is 0 Å². The van der Waals surface area contributed by atoms with Crippen LogP contribution in [0.4, 0.5) is 5.69 Å². The molecule has 2 N–H and O–H groups in total. The summed E-state index contributed by atoms with van der Waals surface area (Å²) in [5.74, 6) is -0.346. The molecule has 122 valence electrons. The molecule has 0 fully saturated rings. The maximum atomic E-state index is 12.7. The second-order valence-electron chi connectivity index (χ2n) is 4.91. The van der Waals surface area contributed by atoms with Crippen molar-refractivity contribution in [2.45, 2.75) is 0 Å². The van der Waals surface area contributed by atoms with E-state index in [0.29, 0.717) is 11.3 Å². The lowest BCUT2D eigenvalue weighted by atomic mass is 10.2. The number of carbonyl (C=O) groups is 1. The van der Waals surface area contributed by atoms with E-state index in [-0.39, 0.29) is 16.3 Å². The Labute approximate surface area is 148 Å². The fraction of sp³-hybridized carbons (Fsp3) is 0. The van der Waals surface area contributed by atoms with Gasteiger partial charge < -0.3 is 0 Å². The number of carbonyl (C=O) groups excluding carboxylic acids is 1. The molecule has 0 unspecified atom stereocenters. The molecule has 0 spiro atoms. The maximum Gasteiger partial charge on any atom is 0.266 e. The smallest absolute Gasteiger partial charge is 0.266 e. The third kappa shape index (κ3) is 3.52. The minimum Gasteiger partial charge on any atom is -0.277 e. The summed E-state index contributed by atoms with van der Waals surface area (Å²) < 4.78 is 1.24. The highest BCUT2D eigenvalue weighted by Crippen LogP contribution is 2.09. The third-order valence-corrected chi connectivity index (χ3v) is 3.56. The molecule has 2 aromatic carbocycles. The van der Waals surface area contributed by atoms with Crippen LogP contribution in [0.3, 0.4) is 0 Å². The summed E-state index contributed by atoms with van der Waals surface area (Å²) in [5.41, 5.74) is 3.82. The molecule has 0 radical (unpaired) electrons. The Balaban J connectivity index is 1.98. The van der Waals surface area contributed by atoms with E-state index < -0.39 is 5.91 Å². The highest BCUT2D eigenvalue weighted by Gasteiger charge is 2.20. The topological polar surface area (TPSA) is 98.9 Å². The van der Waals surface area contributed by atoms with Gasteiger partial charge in [0.15, 0.2) is 0 Å². The Morgan fingerprint density at radius 1 is 1.16 bits per heavy atom. The summed E-state index contributed by atoms with van der Waals surface area (Å²) in [7, 11) is 0. The van der Waals surface area contributed by atoms with E-state index in [2.05, 4.69) is 20.7 Å². The highest BCUT2D eigenvalue weighted by molar-refractivity contribution is 7.71. The fourth-order valence-corrected chi connectivity index (χ4v) is 2.33. The van der Waals surface area contributed by atoms with Crippen LogP contribution in [0, 0.1) is 16.1 Å². The predicted molar refractivity (Wildman–Crippen MR) is 95.8 cm³/mol. The SMILES string of the molecule is N#C/C(=N\Nc1ccccc1)c1n[nH]c(=S)n1C(=O)c1ccccc1. The molecule has 0 aliphatic rings. The van der Waals surface area contributed by atoms with Gasteiger partial charge >= 0.3 is 0 Å². The van der Waals surface area contributed by atoms with E-state index in [1.807, 2.05) is 24.3 Å². The number of para-hydroxylation sites is 1. The van der Waals surface area contributed by atoms with Crippen molar-refractivity contribution in [3.8, 4) is 6.07 Å². The van der Waals surface area contributed by atoms with Gasteiger partial charge in [-0.25, -0.2) is 4.57 Å². The molecule has 0 atom stereocenters. The Bertz CT molecular complexity index is 1010. The molecule has 1 aromatic heterocycles. The number of rotatable bonds is 4. The molecular formula is C17H12N6OS. The molecule has 0 bridgehead atoms. The number of hydrogen-bond donors (Lipinski definition) is 2. The van der Waals surface area contributed by atoms with Crippen molar-refractivity contribution in [3.05, 3.63) is 76.8 Å². The van der Waals surface area contributed by atoms with Crippen molar-refractivity contribution in [1.82, 2.24) is 14.8 Å². The molecule has 3 aromatic rings. The molecule has 0 amide bonds. The average Bonchev–Trinajstić information content (AvgIpc) is 3.04. The zero-order valence-corrected chi connectivity index (χ0v) is 13.7. The van der Waals surface area contributed by atoms with Crippen molar-refractivity contribution in [2.75, 3.05) is 5.43 Å². The van der Waals surface area contributed by atoms with Crippen molar-refractivity contribution >= 4 is 29.5 Å². The van der Waals surface area contributed by atoms with Crippen LogP contribution in [0.2, 0.25) is 0 Å². The van der Waals surface area contributed by atoms with Crippen molar-refractivity contribution in [1.29, 1.82) is 5.26 Å². The van der Waals surface area contributed by atoms with Gasteiger partial charge in [0.2, 0.25) is 16.3 Å². The number of H-pyrrole nitrogens is 1. The van der Waals surface area contributed by atoms with Crippen molar-refractivity contribution < 1.29 is 4.79 Å². The molecule has 25 heavy (non-hydrogen) atoms. The molecule has 7 nitrogen and oxygen atoms in total. The van der Waals surface area contributed by atoms with Gasteiger partial charge in [0.1, 0.15) is 6.07 Å². The largest absolute Gasteiger partial charge is 0.277 e. The zero-order valence-electron chi connectivity index (χ0n) is 12.9. The van der Waals surface area contributed by atoms with Crippen LogP contribution in [0.1, 0.15) is 16.2 Å².